The molecule has 0 aliphatic rings. The minimum atomic E-state index is 0.848. The Morgan fingerprint density at radius 3 is 2.50 bits per heavy atom. The smallest absolute Gasteiger partial charge is 0.119 e. The van der Waals surface area contributed by atoms with Gasteiger partial charge in [-0.3, -0.25) is 0 Å². The van der Waals surface area contributed by atoms with E-state index in [9.17, 15) is 0 Å². The summed E-state index contributed by atoms with van der Waals surface area (Å²) in [6.07, 6.45) is 6.04. The number of ether oxygens (including phenoxy) is 1. The lowest BCUT2D eigenvalue weighted by atomic mass is 10.0. The molecule has 0 bridgehead atoms. The second kappa shape index (κ2) is 7.32. The van der Waals surface area contributed by atoms with Crippen LogP contribution in [0, 0.1) is 6.92 Å². The fourth-order valence-electron chi connectivity index (χ4n) is 1.85. The van der Waals surface area contributed by atoms with Gasteiger partial charge in [0, 0.05) is 0 Å². The highest BCUT2D eigenvalue weighted by Gasteiger charge is 2.00. The average Bonchev–Trinajstić information content (AvgIpc) is 2.28. The van der Waals surface area contributed by atoms with Crippen molar-refractivity contribution in [3.05, 3.63) is 29.3 Å². The molecule has 0 saturated heterocycles. The van der Waals surface area contributed by atoms with E-state index >= 15 is 0 Å². The van der Waals surface area contributed by atoms with E-state index in [1.807, 2.05) is 0 Å². The minimum absolute atomic E-state index is 0.848. The average molecular weight is 220 g/mol. The van der Waals surface area contributed by atoms with Gasteiger partial charge in [0.15, 0.2) is 0 Å². The van der Waals surface area contributed by atoms with Crippen LogP contribution in [-0.2, 0) is 6.42 Å². The molecule has 0 radical (unpaired) electrons. The molecule has 1 heteroatoms. The van der Waals surface area contributed by atoms with Crippen molar-refractivity contribution in [2.75, 3.05) is 6.61 Å². The summed E-state index contributed by atoms with van der Waals surface area (Å²) in [5, 5.41) is 0. The standard InChI is InChI=1S/C15H24O/c1-4-6-7-11-16-15-10-9-14(8-5-2)13(3)12-15/h9-10,12H,4-8,11H2,1-3H3. The summed E-state index contributed by atoms with van der Waals surface area (Å²) in [5.41, 5.74) is 2.80. The van der Waals surface area contributed by atoms with Crippen molar-refractivity contribution in [2.24, 2.45) is 0 Å². The van der Waals surface area contributed by atoms with Crippen molar-refractivity contribution in [3.8, 4) is 5.75 Å². The molecule has 0 aliphatic carbocycles. The van der Waals surface area contributed by atoms with E-state index in [2.05, 4.69) is 39.0 Å². The number of benzene rings is 1. The van der Waals surface area contributed by atoms with Gasteiger partial charge in [-0.05, 0) is 43.0 Å². The summed E-state index contributed by atoms with van der Waals surface area (Å²) < 4.78 is 5.72. The topological polar surface area (TPSA) is 9.23 Å². The van der Waals surface area contributed by atoms with Gasteiger partial charge in [-0.15, -0.1) is 0 Å². The van der Waals surface area contributed by atoms with Crippen LogP contribution in [0.15, 0.2) is 18.2 Å². The van der Waals surface area contributed by atoms with Crippen molar-refractivity contribution in [1.29, 1.82) is 0 Å². The van der Waals surface area contributed by atoms with E-state index in [0.29, 0.717) is 0 Å². The second-order valence-electron chi connectivity index (χ2n) is 4.39. The molecule has 16 heavy (non-hydrogen) atoms. The molecule has 0 fully saturated rings. The molecule has 0 atom stereocenters. The lowest BCUT2D eigenvalue weighted by Gasteiger charge is -2.09. The highest BCUT2D eigenvalue weighted by Crippen LogP contribution is 2.18. The van der Waals surface area contributed by atoms with E-state index in [4.69, 9.17) is 4.74 Å². The van der Waals surface area contributed by atoms with Crippen LogP contribution in [-0.4, -0.2) is 6.61 Å². The number of aryl methyl sites for hydroxylation is 2. The lowest BCUT2D eigenvalue weighted by molar-refractivity contribution is 0.306. The van der Waals surface area contributed by atoms with Crippen LogP contribution < -0.4 is 4.74 Å². The number of hydrogen-bond donors (Lipinski definition) is 0. The Bertz CT molecular complexity index is 304. The maximum atomic E-state index is 5.72. The van der Waals surface area contributed by atoms with Gasteiger partial charge in [0.2, 0.25) is 0 Å². The third kappa shape index (κ3) is 4.26. The predicted molar refractivity (Wildman–Crippen MR) is 70.2 cm³/mol. The van der Waals surface area contributed by atoms with Gasteiger partial charge in [0.25, 0.3) is 0 Å². The summed E-state index contributed by atoms with van der Waals surface area (Å²) >= 11 is 0. The molecular formula is C15H24O. The van der Waals surface area contributed by atoms with Crippen LogP contribution in [0.5, 0.6) is 5.75 Å². The normalized spacial score (nSPS) is 10.4. The van der Waals surface area contributed by atoms with E-state index in [1.165, 1.54) is 36.8 Å². The monoisotopic (exact) mass is 220 g/mol. The fraction of sp³-hybridized carbons (Fsp3) is 0.600. The van der Waals surface area contributed by atoms with Gasteiger partial charge < -0.3 is 4.74 Å². The van der Waals surface area contributed by atoms with Gasteiger partial charge in [0.1, 0.15) is 5.75 Å². The van der Waals surface area contributed by atoms with Gasteiger partial charge in [-0.25, -0.2) is 0 Å². The maximum absolute atomic E-state index is 5.72. The van der Waals surface area contributed by atoms with Crippen LogP contribution in [0.1, 0.15) is 50.7 Å². The zero-order valence-electron chi connectivity index (χ0n) is 10.9. The molecule has 0 N–H and O–H groups in total. The molecule has 1 aromatic rings. The molecule has 0 unspecified atom stereocenters. The molecule has 1 nitrogen and oxygen atoms in total. The van der Waals surface area contributed by atoms with Crippen molar-refractivity contribution in [3.63, 3.8) is 0 Å². The van der Waals surface area contributed by atoms with Crippen molar-refractivity contribution < 1.29 is 4.74 Å². The summed E-state index contributed by atoms with van der Waals surface area (Å²) in [6.45, 7) is 7.45. The van der Waals surface area contributed by atoms with Gasteiger partial charge in [0.05, 0.1) is 6.61 Å². The lowest BCUT2D eigenvalue weighted by Crippen LogP contribution is -1.98. The first-order valence-corrected chi connectivity index (χ1v) is 6.50. The minimum Gasteiger partial charge on any atom is -0.494 e. The molecule has 90 valence electrons. The number of rotatable bonds is 7. The first-order valence-electron chi connectivity index (χ1n) is 6.50. The molecule has 0 heterocycles. The third-order valence-corrected chi connectivity index (χ3v) is 2.85. The Morgan fingerprint density at radius 2 is 1.88 bits per heavy atom. The quantitative estimate of drug-likeness (QED) is 0.614. The van der Waals surface area contributed by atoms with Crippen molar-refractivity contribution >= 4 is 0 Å². The summed E-state index contributed by atoms with van der Waals surface area (Å²) in [4.78, 5) is 0. The first-order chi connectivity index (χ1) is 7.77. The van der Waals surface area contributed by atoms with E-state index < -0.39 is 0 Å². The largest absolute Gasteiger partial charge is 0.494 e. The molecule has 1 aromatic carbocycles. The summed E-state index contributed by atoms with van der Waals surface area (Å²) in [5.74, 6) is 1.02. The molecule has 0 aliphatic heterocycles. The maximum Gasteiger partial charge on any atom is 0.119 e. The highest BCUT2D eigenvalue weighted by atomic mass is 16.5. The zero-order valence-corrected chi connectivity index (χ0v) is 10.9. The second-order valence-corrected chi connectivity index (χ2v) is 4.39. The Kier molecular flexibility index (Phi) is 5.99. The van der Waals surface area contributed by atoms with Crippen LogP contribution in [0.25, 0.3) is 0 Å². The summed E-state index contributed by atoms with van der Waals surface area (Å²) in [7, 11) is 0. The van der Waals surface area contributed by atoms with Crippen LogP contribution in [0.2, 0.25) is 0 Å². The zero-order chi connectivity index (χ0) is 11.8. The third-order valence-electron chi connectivity index (χ3n) is 2.85. The Morgan fingerprint density at radius 1 is 1.06 bits per heavy atom. The molecule has 0 saturated carbocycles. The SMILES string of the molecule is CCCCCOc1ccc(CCC)c(C)c1. The van der Waals surface area contributed by atoms with Crippen LogP contribution in [0.3, 0.4) is 0 Å². The molecule has 0 spiro atoms. The van der Waals surface area contributed by atoms with Crippen molar-refractivity contribution in [2.45, 2.75) is 52.9 Å². The number of hydrogen-bond acceptors (Lipinski definition) is 1. The van der Waals surface area contributed by atoms with E-state index in [1.54, 1.807) is 0 Å². The Hall–Kier alpha value is -0.980. The molecule has 1 rings (SSSR count). The van der Waals surface area contributed by atoms with Crippen LogP contribution >= 0.6 is 0 Å². The summed E-state index contributed by atoms with van der Waals surface area (Å²) in [6, 6.07) is 6.47. The molecule has 0 amide bonds. The molecule has 0 aromatic heterocycles. The van der Waals surface area contributed by atoms with Gasteiger partial charge in [-0.1, -0.05) is 39.2 Å². The first kappa shape index (κ1) is 13.1. The van der Waals surface area contributed by atoms with E-state index in [0.717, 1.165) is 18.8 Å². The highest BCUT2D eigenvalue weighted by molar-refractivity contribution is 5.34. The Labute approximate surface area is 99.8 Å². The predicted octanol–water partition coefficient (Wildman–Crippen LogP) is 4.52. The number of unbranched alkanes of at least 4 members (excludes halogenated alkanes) is 2. The van der Waals surface area contributed by atoms with Crippen LogP contribution in [0.4, 0.5) is 0 Å². The fourth-order valence-corrected chi connectivity index (χ4v) is 1.85. The van der Waals surface area contributed by atoms with E-state index in [-0.39, 0.29) is 0 Å². The molecular weight excluding hydrogens is 196 g/mol. The Balaban J connectivity index is 2.46. The van der Waals surface area contributed by atoms with Gasteiger partial charge in [-0.2, -0.15) is 0 Å². The van der Waals surface area contributed by atoms with Gasteiger partial charge >= 0.3 is 0 Å². The van der Waals surface area contributed by atoms with Crippen molar-refractivity contribution in [1.82, 2.24) is 0 Å².